The molecular formula is C18H32OSi2. The second-order valence-corrected chi connectivity index (χ2v) is 18.8. The van der Waals surface area contributed by atoms with Crippen molar-refractivity contribution in [1.82, 2.24) is 0 Å². The fourth-order valence-electron chi connectivity index (χ4n) is 1.85. The molecule has 0 aromatic heterocycles. The number of hydrogen-bond acceptors (Lipinski definition) is 1. The molecule has 0 aliphatic carbocycles. The third-order valence-electron chi connectivity index (χ3n) is 4.30. The Hall–Kier alpha value is -0.746. The van der Waals surface area contributed by atoms with Crippen molar-refractivity contribution < 1.29 is 5.11 Å². The quantitative estimate of drug-likeness (QED) is 0.591. The van der Waals surface area contributed by atoms with E-state index >= 15 is 0 Å². The van der Waals surface area contributed by atoms with Gasteiger partial charge in [0.2, 0.25) is 0 Å². The number of terminal acetylenes is 1. The van der Waals surface area contributed by atoms with E-state index in [0.29, 0.717) is 0 Å². The maximum Gasteiger partial charge on any atom is 0.129 e. The van der Waals surface area contributed by atoms with Gasteiger partial charge in [-0.3, -0.25) is 0 Å². The number of aliphatic hydroxyl groups excluding tert-OH is 1. The molecular weight excluding hydrogens is 288 g/mol. The van der Waals surface area contributed by atoms with Crippen LogP contribution in [0, 0.1) is 23.8 Å². The van der Waals surface area contributed by atoms with Crippen LogP contribution in [0.15, 0.2) is 11.6 Å². The fraction of sp³-hybridized carbons (Fsp3) is 0.667. The fourth-order valence-corrected chi connectivity index (χ4v) is 4.90. The van der Waals surface area contributed by atoms with Crippen LogP contribution in [0.2, 0.25) is 43.3 Å². The van der Waals surface area contributed by atoms with E-state index in [2.05, 4.69) is 70.9 Å². The van der Waals surface area contributed by atoms with E-state index in [1.165, 1.54) is 0 Å². The lowest BCUT2D eigenvalue weighted by Gasteiger charge is -2.42. The number of allylic oxidation sites excluding steroid dienone is 1. The second kappa shape index (κ2) is 7.01. The molecule has 0 amide bonds. The van der Waals surface area contributed by atoms with Crippen molar-refractivity contribution >= 4 is 16.1 Å². The Balaban J connectivity index is 5.82. The van der Waals surface area contributed by atoms with E-state index in [1.807, 2.05) is 6.92 Å². The normalized spacial score (nSPS) is 16.5. The summed E-state index contributed by atoms with van der Waals surface area (Å²) in [6, 6.07) is 0. The summed E-state index contributed by atoms with van der Waals surface area (Å²) in [5, 5.41) is 10.9. The summed E-state index contributed by atoms with van der Waals surface area (Å²) in [7, 11) is -3.25. The summed E-state index contributed by atoms with van der Waals surface area (Å²) in [6.07, 6.45) is 6.63. The molecule has 118 valence electrons. The van der Waals surface area contributed by atoms with E-state index in [9.17, 15) is 5.11 Å². The highest BCUT2D eigenvalue weighted by molar-refractivity contribution is 6.85. The lowest BCUT2D eigenvalue weighted by molar-refractivity contribution is 0.224. The molecule has 2 atom stereocenters. The van der Waals surface area contributed by atoms with Gasteiger partial charge >= 0.3 is 0 Å². The van der Waals surface area contributed by atoms with Crippen LogP contribution in [0.25, 0.3) is 0 Å². The first-order valence-electron chi connectivity index (χ1n) is 7.58. The van der Waals surface area contributed by atoms with E-state index in [4.69, 9.17) is 6.42 Å². The van der Waals surface area contributed by atoms with Gasteiger partial charge in [0, 0.05) is 5.54 Å². The highest BCUT2D eigenvalue weighted by Gasteiger charge is 2.44. The Morgan fingerprint density at radius 1 is 1.14 bits per heavy atom. The van der Waals surface area contributed by atoms with Crippen LogP contribution in [0.1, 0.15) is 27.7 Å². The van der Waals surface area contributed by atoms with Crippen LogP contribution in [-0.4, -0.2) is 27.4 Å². The standard InChI is InChI=1S/C18H32OSi2/c1-11-15(2)14-16(19)17(12-13-20(6,7)8)21(9,10)18(3,4)5/h1,14,16-17,19H,2-10H3/b15-14-/t16-,17+/m0/s1. The molecule has 21 heavy (non-hydrogen) atoms. The summed E-state index contributed by atoms with van der Waals surface area (Å²) in [5.41, 5.74) is 4.24. The molecule has 0 heterocycles. The summed E-state index contributed by atoms with van der Waals surface area (Å²) >= 11 is 0. The largest absolute Gasteiger partial charge is 0.388 e. The zero-order valence-electron chi connectivity index (χ0n) is 15.3. The first-order chi connectivity index (χ1) is 9.22. The molecule has 0 radical (unpaired) electrons. The topological polar surface area (TPSA) is 20.2 Å². The van der Waals surface area contributed by atoms with Gasteiger partial charge in [0.15, 0.2) is 0 Å². The first kappa shape index (κ1) is 20.3. The zero-order chi connectivity index (χ0) is 17.1. The number of rotatable bonds is 3. The van der Waals surface area contributed by atoms with Crippen molar-refractivity contribution in [2.45, 2.75) is 77.1 Å². The van der Waals surface area contributed by atoms with E-state index < -0.39 is 22.3 Å². The molecule has 0 aliphatic rings. The summed E-state index contributed by atoms with van der Waals surface area (Å²) in [6.45, 7) is 20.0. The van der Waals surface area contributed by atoms with Gasteiger partial charge in [-0.25, -0.2) is 0 Å². The Kier molecular flexibility index (Phi) is 6.76. The monoisotopic (exact) mass is 320 g/mol. The Labute approximate surface area is 134 Å². The average Bonchev–Trinajstić information content (AvgIpc) is 2.25. The average molecular weight is 321 g/mol. The lowest BCUT2D eigenvalue weighted by Crippen LogP contribution is -2.46. The molecule has 0 spiro atoms. The van der Waals surface area contributed by atoms with Gasteiger partial charge in [-0.1, -0.05) is 59.4 Å². The van der Waals surface area contributed by atoms with Crippen molar-refractivity contribution in [2.75, 3.05) is 0 Å². The van der Waals surface area contributed by atoms with Gasteiger partial charge in [0.25, 0.3) is 0 Å². The third kappa shape index (κ3) is 6.26. The molecule has 0 rings (SSSR count). The maximum atomic E-state index is 10.7. The molecule has 0 unspecified atom stereocenters. The van der Waals surface area contributed by atoms with Crippen LogP contribution in [0.4, 0.5) is 0 Å². The zero-order valence-corrected chi connectivity index (χ0v) is 17.3. The van der Waals surface area contributed by atoms with Crippen molar-refractivity contribution in [2.24, 2.45) is 0 Å². The molecule has 0 aromatic rings. The minimum Gasteiger partial charge on any atom is -0.388 e. The Morgan fingerprint density at radius 3 is 1.95 bits per heavy atom. The maximum absolute atomic E-state index is 10.7. The predicted octanol–water partition coefficient (Wildman–Crippen LogP) is 4.69. The van der Waals surface area contributed by atoms with E-state index in [-0.39, 0.29) is 10.6 Å². The van der Waals surface area contributed by atoms with Crippen molar-refractivity contribution in [3.63, 3.8) is 0 Å². The molecule has 3 heteroatoms. The molecule has 0 bridgehead atoms. The van der Waals surface area contributed by atoms with Crippen LogP contribution in [0.5, 0.6) is 0 Å². The second-order valence-electron chi connectivity index (χ2n) is 8.45. The van der Waals surface area contributed by atoms with Crippen LogP contribution in [-0.2, 0) is 0 Å². The summed E-state index contributed by atoms with van der Waals surface area (Å²) < 4.78 is 0. The van der Waals surface area contributed by atoms with Gasteiger partial charge in [0.1, 0.15) is 8.07 Å². The van der Waals surface area contributed by atoms with E-state index in [0.717, 1.165) is 5.57 Å². The Morgan fingerprint density at radius 2 is 1.62 bits per heavy atom. The molecule has 0 saturated heterocycles. The van der Waals surface area contributed by atoms with Crippen molar-refractivity contribution in [1.29, 1.82) is 0 Å². The lowest BCUT2D eigenvalue weighted by atomic mass is 10.2. The molecule has 0 aromatic carbocycles. The predicted molar refractivity (Wildman–Crippen MR) is 101 cm³/mol. The van der Waals surface area contributed by atoms with Gasteiger partial charge in [-0.2, -0.15) is 0 Å². The van der Waals surface area contributed by atoms with Crippen molar-refractivity contribution in [3.05, 3.63) is 11.6 Å². The minimum atomic E-state index is -1.79. The highest BCUT2D eigenvalue weighted by Crippen LogP contribution is 2.45. The Bertz CT molecular complexity index is 485. The minimum absolute atomic E-state index is 0.00697. The number of hydrogen-bond donors (Lipinski definition) is 1. The van der Waals surface area contributed by atoms with Gasteiger partial charge in [-0.15, -0.1) is 17.9 Å². The van der Waals surface area contributed by atoms with Crippen LogP contribution < -0.4 is 0 Å². The van der Waals surface area contributed by atoms with Gasteiger partial charge < -0.3 is 5.11 Å². The molecule has 1 nitrogen and oxygen atoms in total. The SMILES string of the molecule is C#C/C(C)=C\[C@H](O)[C@@H](C#C[Si](C)(C)C)[Si](C)(C)C(C)(C)C. The highest BCUT2D eigenvalue weighted by atomic mass is 28.3. The first-order valence-corrected chi connectivity index (χ1v) is 14.2. The van der Waals surface area contributed by atoms with Crippen molar-refractivity contribution in [3.8, 4) is 23.8 Å². The summed E-state index contributed by atoms with van der Waals surface area (Å²) in [4.78, 5) is 0. The van der Waals surface area contributed by atoms with Crippen LogP contribution >= 0.6 is 0 Å². The van der Waals surface area contributed by atoms with Gasteiger partial charge in [0.05, 0.1) is 14.2 Å². The smallest absolute Gasteiger partial charge is 0.129 e. The molecule has 0 saturated carbocycles. The summed E-state index contributed by atoms with van der Waals surface area (Å²) in [5.74, 6) is 6.04. The third-order valence-corrected chi connectivity index (χ3v) is 11.1. The molecule has 1 N–H and O–H groups in total. The van der Waals surface area contributed by atoms with E-state index in [1.54, 1.807) is 6.08 Å². The van der Waals surface area contributed by atoms with Gasteiger partial charge in [-0.05, 0) is 23.6 Å². The number of aliphatic hydroxyl groups is 1. The van der Waals surface area contributed by atoms with Crippen LogP contribution in [0.3, 0.4) is 0 Å². The molecule has 0 fully saturated rings. The molecule has 0 aliphatic heterocycles.